The molecule has 0 aliphatic rings. The summed E-state index contributed by atoms with van der Waals surface area (Å²) in [6.07, 6.45) is 1.58. The summed E-state index contributed by atoms with van der Waals surface area (Å²) in [5.41, 5.74) is 2.55. The number of nitrogens with one attached hydrogen (secondary N) is 2. The molecule has 0 aliphatic carbocycles. The third kappa shape index (κ3) is 4.37. The number of methoxy groups -OCH3 is 2. The number of amides is 1. The summed E-state index contributed by atoms with van der Waals surface area (Å²) in [7, 11) is 3.08. The number of imidazole rings is 1. The Morgan fingerprint density at radius 3 is 2.34 bits per heavy atom. The molecule has 0 unspecified atom stereocenters. The number of hydrogen-bond donors (Lipinski definition) is 2. The number of aromatic nitrogens is 2. The Bertz CT molecular complexity index is 1280. The third-order valence-electron chi connectivity index (χ3n) is 4.85. The van der Waals surface area contributed by atoms with E-state index in [2.05, 4.69) is 15.3 Å². The standard InChI is InChI=1S/C25H21N3O4/c1-31-21-13-12-16(15-22(21)32-2)14-20(28-25(30)17-8-4-3-5-9-17)23(29)24-26-18-10-6-7-11-19(18)27-24/h3-15H,1-2H3,(H,26,27)(H,28,30). The van der Waals surface area contributed by atoms with Crippen LogP contribution < -0.4 is 14.8 Å². The number of fused-ring (bicyclic) bond motifs is 1. The van der Waals surface area contributed by atoms with Crippen LogP contribution in [0.3, 0.4) is 0 Å². The van der Waals surface area contributed by atoms with Crippen molar-refractivity contribution in [3.8, 4) is 11.5 Å². The van der Waals surface area contributed by atoms with Crippen molar-refractivity contribution in [2.45, 2.75) is 0 Å². The normalized spacial score (nSPS) is 11.2. The van der Waals surface area contributed by atoms with Gasteiger partial charge in [-0.3, -0.25) is 9.59 Å². The van der Waals surface area contributed by atoms with Gasteiger partial charge in [0, 0.05) is 5.56 Å². The van der Waals surface area contributed by atoms with E-state index >= 15 is 0 Å². The van der Waals surface area contributed by atoms with Gasteiger partial charge in [0.15, 0.2) is 17.3 Å². The summed E-state index contributed by atoms with van der Waals surface area (Å²) in [6.45, 7) is 0. The van der Waals surface area contributed by atoms with Crippen molar-refractivity contribution in [3.05, 3.63) is 95.4 Å². The van der Waals surface area contributed by atoms with E-state index in [1.807, 2.05) is 30.3 Å². The van der Waals surface area contributed by atoms with Crippen LogP contribution in [0.1, 0.15) is 26.5 Å². The lowest BCUT2D eigenvalue weighted by atomic mass is 10.1. The van der Waals surface area contributed by atoms with E-state index in [0.29, 0.717) is 28.1 Å². The highest BCUT2D eigenvalue weighted by atomic mass is 16.5. The van der Waals surface area contributed by atoms with Gasteiger partial charge in [0.05, 0.1) is 31.0 Å². The molecule has 4 aromatic rings. The maximum absolute atomic E-state index is 13.3. The first-order valence-electron chi connectivity index (χ1n) is 9.88. The van der Waals surface area contributed by atoms with E-state index in [9.17, 15) is 9.59 Å². The first-order chi connectivity index (χ1) is 15.6. The minimum Gasteiger partial charge on any atom is -0.493 e. The molecule has 0 bridgehead atoms. The highest BCUT2D eigenvalue weighted by molar-refractivity contribution is 6.13. The van der Waals surface area contributed by atoms with E-state index in [-0.39, 0.29) is 11.5 Å². The number of hydrogen-bond acceptors (Lipinski definition) is 5. The van der Waals surface area contributed by atoms with E-state index < -0.39 is 11.7 Å². The van der Waals surface area contributed by atoms with Crippen molar-refractivity contribution in [2.24, 2.45) is 0 Å². The van der Waals surface area contributed by atoms with Crippen LogP contribution in [0.25, 0.3) is 17.1 Å². The summed E-state index contributed by atoms with van der Waals surface area (Å²) < 4.78 is 10.6. The first kappa shape index (κ1) is 20.9. The van der Waals surface area contributed by atoms with Crippen molar-refractivity contribution in [2.75, 3.05) is 14.2 Å². The van der Waals surface area contributed by atoms with E-state index in [4.69, 9.17) is 9.47 Å². The molecule has 1 amide bonds. The second-order valence-electron chi connectivity index (χ2n) is 6.92. The van der Waals surface area contributed by atoms with Gasteiger partial charge < -0.3 is 19.8 Å². The zero-order valence-corrected chi connectivity index (χ0v) is 17.6. The number of carbonyl (C=O) groups is 2. The zero-order chi connectivity index (χ0) is 22.5. The Morgan fingerprint density at radius 1 is 0.906 bits per heavy atom. The summed E-state index contributed by atoms with van der Waals surface area (Å²) in [5, 5.41) is 2.73. The average molecular weight is 427 g/mol. The molecular formula is C25H21N3O4. The highest BCUT2D eigenvalue weighted by Crippen LogP contribution is 2.28. The second kappa shape index (κ2) is 9.18. The predicted molar refractivity (Wildman–Crippen MR) is 122 cm³/mol. The second-order valence-corrected chi connectivity index (χ2v) is 6.92. The van der Waals surface area contributed by atoms with Gasteiger partial charge in [-0.15, -0.1) is 0 Å². The topological polar surface area (TPSA) is 93.3 Å². The van der Waals surface area contributed by atoms with Crippen molar-refractivity contribution >= 4 is 28.8 Å². The molecule has 1 aromatic heterocycles. The quantitative estimate of drug-likeness (QED) is 0.340. The van der Waals surface area contributed by atoms with Gasteiger partial charge in [0.25, 0.3) is 5.91 Å². The summed E-state index contributed by atoms with van der Waals surface area (Å²) in [6, 6.07) is 21.2. The minimum absolute atomic E-state index is 0.0742. The number of carbonyl (C=O) groups excluding carboxylic acids is 2. The van der Waals surface area contributed by atoms with Crippen molar-refractivity contribution in [1.29, 1.82) is 0 Å². The Morgan fingerprint density at radius 2 is 1.62 bits per heavy atom. The third-order valence-corrected chi connectivity index (χ3v) is 4.85. The molecule has 2 N–H and O–H groups in total. The summed E-state index contributed by atoms with van der Waals surface area (Å²) >= 11 is 0. The van der Waals surface area contributed by atoms with Crippen LogP contribution in [-0.2, 0) is 0 Å². The Balaban J connectivity index is 1.74. The maximum atomic E-state index is 13.3. The van der Waals surface area contributed by atoms with Crippen molar-refractivity contribution in [3.63, 3.8) is 0 Å². The molecule has 160 valence electrons. The fourth-order valence-electron chi connectivity index (χ4n) is 3.24. The van der Waals surface area contributed by atoms with Crippen LogP contribution in [-0.4, -0.2) is 35.9 Å². The van der Waals surface area contributed by atoms with Gasteiger partial charge in [-0.1, -0.05) is 36.4 Å². The number of H-pyrrole nitrogens is 1. The van der Waals surface area contributed by atoms with Crippen molar-refractivity contribution in [1.82, 2.24) is 15.3 Å². The predicted octanol–water partition coefficient (Wildman–Crippen LogP) is 4.23. The average Bonchev–Trinajstić information content (AvgIpc) is 3.28. The SMILES string of the molecule is COc1ccc(C=C(NC(=O)c2ccccc2)C(=O)c2nc3ccccc3[nH]2)cc1OC. The lowest BCUT2D eigenvalue weighted by Gasteiger charge is -2.10. The molecule has 4 rings (SSSR count). The molecule has 0 aliphatic heterocycles. The number of rotatable bonds is 7. The van der Waals surface area contributed by atoms with Gasteiger partial charge in [0.2, 0.25) is 5.78 Å². The largest absolute Gasteiger partial charge is 0.493 e. The van der Waals surface area contributed by atoms with Gasteiger partial charge in [-0.2, -0.15) is 0 Å². The Hall–Kier alpha value is -4.39. The van der Waals surface area contributed by atoms with Crippen LogP contribution in [0.15, 0.2) is 78.5 Å². The number of aromatic amines is 1. The molecule has 0 saturated heterocycles. The summed E-state index contributed by atoms with van der Waals surface area (Å²) in [4.78, 5) is 33.5. The monoisotopic (exact) mass is 427 g/mol. The molecule has 0 atom stereocenters. The van der Waals surface area contributed by atoms with Gasteiger partial charge >= 0.3 is 0 Å². The molecule has 1 heterocycles. The van der Waals surface area contributed by atoms with Gasteiger partial charge in [-0.25, -0.2) is 4.98 Å². The maximum Gasteiger partial charge on any atom is 0.255 e. The Labute approximate surface area is 184 Å². The fourth-order valence-corrected chi connectivity index (χ4v) is 3.24. The number of ketones is 1. The highest BCUT2D eigenvalue weighted by Gasteiger charge is 2.20. The van der Waals surface area contributed by atoms with Crippen LogP contribution in [0.5, 0.6) is 11.5 Å². The molecule has 7 heteroatoms. The minimum atomic E-state index is -0.444. The number of para-hydroxylation sites is 2. The number of Topliss-reactive ketones (excluding diaryl/α,β-unsaturated/α-hetero) is 1. The molecule has 0 saturated carbocycles. The lowest BCUT2D eigenvalue weighted by molar-refractivity contribution is 0.0932. The molecule has 32 heavy (non-hydrogen) atoms. The van der Waals surface area contributed by atoms with E-state index in [0.717, 1.165) is 5.52 Å². The Kier molecular flexibility index (Phi) is 5.98. The number of benzene rings is 3. The van der Waals surface area contributed by atoms with Crippen LogP contribution in [0.4, 0.5) is 0 Å². The van der Waals surface area contributed by atoms with Crippen LogP contribution in [0.2, 0.25) is 0 Å². The smallest absolute Gasteiger partial charge is 0.255 e. The molecule has 0 spiro atoms. The molecule has 0 fully saturated rings. The fraction of sp³-hybridized carbons (Fsp3) is 0.0800. The molecule has 3 aromatic carbocycles. The van der Waals surface area contributed by atoms with Crippen LogP contribution in [0, 0.1) is 0 Å². The van der Waals surface area contributed by atoms with Crippen LogP contribution >= 0.6 is 0 Å². The molecule has 7 nitrogen and oxygen atoms in total. The molecule has 0 radical (unpaired) electrons. The van der Waals surface area contributed by atoms with Gasteiger partial charge in [0.1, 0.15) is 0 Å². The zero-order valence-electron chi connectivity index (χ0n) is 17.6. The van der Waals surface area contributed by atoms with E-state index in [1.54, 1.807) is 55.7 Å². The van der Waals surface area contributed by atoms with Gasteiger partial charge in [-0.05, 0) is 48.0 Å². The summed E-state index contributed by atoms with van der Waals surface area (Å²) in [5.74, 6) is 0.350. The lowest BCUT2D eigenvalue weighted by Crippen LogP contribution is -2.28. The number of allylic oxidation sites excluding steroid dienone is 1. The number of nitrogens with zero attached hydrogens (tertiary/aromatic N) is 1. The first-order valence-corrected chi connectivity index (χ1v) is 9.88. The van der Waals surface area contributed by atoms with Crippen molar-refractivity contribution < 1.29 is 19.1 Å². The van der Waals surface area contributed by atoms with E-state index in [1.165, 1.54) is 7.11 Å². The number of ether oxygens (including phenoxy) is 2. The molecular weight excluding hydrogens is 406 g/mol.